The predicted molar refractivity (Wildman–Crippen MR) is 77.2 cm³/mol. The number of morpholine rings is 1. The van der Waals surface area contributed by atoms with E-state index in [-0.39, 0.29) is 17.4 Å². The number of carbonyl (C=O) groups is 1. The van der Waals surface area contributed by atoms with Gasteiger partial charge in [-0.05, 0) is 26.4 Å². The van der Waals surface area contributed by atoms with Crippen LogP contribution in [0, 0.1) is 5.41 Å². The highest BCUT2D eigenvalue weighted by molar-refractivity contribution is 5.81. The van der Waals surface area contributed by atoms with Crippen molar-refractivity contribution in [3.8, 4) is 0 Å². The minimum atomic E-state index is -0.125. The number of carbonyl (C=O) groups excluding carboxylic acids is 1. The lowest BCUT2D eigenvalue weighted by atomic mass is 9.92. The van der Waals surface area contributed by atoms with Gasteiger partial charge in [-0.15, -0.1) is 0 Å². The third-order valence-corrected chi connectivity index (χ3v) is 3.32. The standard InChI is InChI=1S/C14H29N3O2/c1-12(13(18)17-6-8-19-9-7-17)15-10-14(2,3)11-16(4)5/h12,15H,6-11H2,1-5H3. The van der Waals surface area contributed by atoms with Gasteiger partial charge in [-0.1, -0.05) is 13.8 Å². The normalized spacial score (nSPS) is 18.7. The number of nitrogens with one attached hydrogen (secondary N) is 1. The first-order valence-electron chi connectivity index (χ1n) is 7.06. The molecule has 0 aromatic heterocycles. The van der Waals surface area contributed by atoms with Crippen LogP contribution in [0.1, 0.15) is 20.8 Å². The molecule has 1 aliphatic rings. The van der Waals surface area contributed by atoms with E-state index in [1.807, 2.05) is 11.8 Å². The van der Waals surface area contributed by atoms with Crippen LogP contribution in [0.4, 0.5) is 0 Å². The lowest BCUT2D eigenvalue weighted by Gasteiger charge is -2.32. The van der Waals surface area contributed by atoms with Gasteiger partial charge < -0.3 is 19.9 Å². The molecule has 5 heteroatoms. The molecule has 0 aromatic carbocycles. The summed E-state index contributed by atoms with van der Waals surface area (Å²) in [5, 5.41) is 3.37. The molecular weight excluding hydrogens is 242 g/mol. The van der Waals surface area contributed by atoms with Crippen LogP contribution in [-0.4, -0.2) is 75.2 Å². The highest BCUT2D eigenvalue weighted by Gasteiger charge is 2.25. The summed E-state index contributed by atoms with van der Waals surface area (Å²) in [7, 11) is 4.15. The lowest BCUT2D eigenvalue weighted by molar-refractivity contribution is -0.137. The molecule has 1 atom stereocenters. The molecule has 1 amide bonds. The zero-order chi connectivity index (χ0) is 14.5. The first-order chi connectivity index (χ1) is 8.82. The second kappa shape index (κ2) is 7.22. The monoisotopic (exact) mass is 271 g/mol. The minimum absolute atomic E-state index is 0.125. The molecule has 1 saturated heterocycles. The van der Waals surface area contributed by atoms with E-state index in [0.717, 1.165) is 13.1 Å². The fraction of sp³-hybridized carbons (Fsp3) is 0.929. The maximum absolute atomic E-state index is 12.2. The summed E-state index contributed by atoms with van der Waals surface area (Å²) in [6.07, 6.45) is 0. The summed E-state index contributed by atoms with van der Waals surface area (Å²) in [4.78, 5) is 16.3. The quantitative estimate of drug-likeness (QED) is 0.760. The number of amides is 1. The molecule has 0 aliphatic carbocycles. The molecule has 0 bridgehead atoms. The summed E-state index contributed by atoms with van der Waals surface area (Å²) in [5.74, 6) is 0.184. The molecule has 0 spiro atoms. The fourth-order valence-corrected chi connectivity index (χ4v) is 2.49. The van der Waals surface area contributed by atoms with Crippen molar-refractivity contribution in [3.63, 3.8) is 0 Å². The van der Waals surface area contributed by atoms with Gasteiger partial charge >= 0.3 is 0 Å². The van der Waals surface area contributed by atoms with E-state index in [4.69, 9.17) is 4.74 Å². The van der Waals surface area contributed by atoms with Crippen molar-refractivity contribution in [2.24, 2.45) is 5.41 Å². The van der Waals surface area contributed by atoms with Crippen molar-refractivity contribution < 1.29 is 9.53 Å². The van der Waals surface area contributed by atoms with Gasteiger partial charge in [0.15, 0.2) is 0 Å². The average molecular weight is 271 g/mol. The zero-order valence-electron chi connectivity index (χ0n) is 13.0. The van der Waals surface area contributed by atoms with Crippen molar-refractivity contribution >= 4 is 5.91 Å². The van der Waals surface area contributed by atoms with Gasteiger partial charge in [0.25, 0.3) is 0 Å². The van der Waals surface area contributed by atoms with Crippen molar-refractivity contribution in [1.29, 1.82) is 0 Å². The molecular formula is C14H29N3O2. The summed E-state index contributed by atoms with van der Waals surface area (Å²) in [5.41, 5.74) is 0.156. The van der Waals surface area contributed by atoms with E-state index in [0.29, 0.717) is 26.3 Å². The van der Waals surface area contributed by atoms with Gasteiger partial charge in [0.1, 0.15) is 0 Å². The summed E-state index contributed by atoms with van der Waals surface area (Å²) < 4.78 is 5.27. The van der Waals surface area contributed by atoms with Crippen LogP contribution in [0.5, 0.6) is 0 Å². The van der Waals surface area contributed by atoms with E-state index in [1.54, 1.807) is 0 Å². The molecule has 1 heterocycles. The minimum Gasteiger partial charge on any atom is -0.378 e. The largest absolute Gasteiger partial charge is 0.378 e. The SMILES string of the molecule is CC(NCC(C)(C)CN(C)C)C(=O)N1CCOCC1. The number of hydrogen-bond acceptors (Lipinski definition) is 4. The van der Waals surface area contributed by atoms with Crippen LogP contribution in [0.3, 0.4) is 0 Å². The molecule has 1 fully saturated rings. The molecule has 0 aromatic rings. The van der Waals surface area contributed by atoms with Gasteiger partial charge in [-0.3, -0.25) is 4.79 Å². The first kappa shape index (κ1) is 16.4. The summed E-state index contributed by atoms with van der Waals surface area (Å²) in [6, 6.07) is -0.125. The highest BCUT2D eigenvalue weighted by Crippen LogP contribution is 2.14. The number of nitrogens with zero attached hydrogens (tertiary/aromatic N) is 2. The Morgan fingerprint density at radius 3 is 2.47 bits per heavy atom. The van der Waals surface area contributed by atoms with Crippen LogP contribution in [0.15, 0.2) is 0 Å². The van der Waals surface area contributed by atoms with E-state index in [2.05, 4.69) is 38.2 Å². The van der Waals surface area contributed by atoms with Crippen LogP contribution in [-0.2, 0) is 9.53 Å². The molecule has 1 N–H and O–H groups in total. The van der Waals surface area contributed by atoms with Crippen LogP contribution < -0.4 is 5.32 Å². The molecule has 112 valence electrons. The smallest absolute Gasteiger partial charge is 0.239 e. The Bertz CT molecular complexity index is 286. The maximum atomic E-state index is 12.2. The second-order valence-corrected chi connectivity index (χ2v) is 6.44. The third-order valence-electron chi connectivity index (χ3n) is 3.32. The molecule has 5 nitrogen and oxygen atoms in total. The van der Waals surface area contributed by atoms with E-state index < -0.39 is 0 Å². The zero-order valence-corrected chi connectivity index (χ0v) is 13.0. The van der Waals surface area contributed by atoms with Crippen LogP contribution in [0.2, 0.25) is 0 Å². The molecule has 19 heavy (non-hydrogen) atoms. The molecule has 1 rings (SSSR count). The van der Waals surface area contributed by atoms with Gasteiger partial charge in [-0.2, -0.15) is 0 Å². The van der Waals surface area contributed by atoms with Crippen LogP contribution in [0.25, 0.3) is 0 Å². The molecule has 0 saturated carbocycles. The number of hydrogen-bond donors (Lipinski definition) is 1. The van der Waals surface area contributed by atoms with Gasteiger partial charge in [0, 0.05) is 26.2 Å². The van der Waals surface area contributed by atoms with E-state index in [1.165, 1.54) is 0 Å². The Labute approximate surface area is 117 Å². The first-order valence-corrected chi connectivity index (χ1v) is 7.06. The molecule has 0 radical (unpaired) electrons. The Morgan fingerprint density at radius 1 is 1.37 bits per heavy atom. The van der Waals surface area contributed by atoms with Crippen molar-refractivity contribution in [3.05, 3.63) is 0 Å². The number of rotatable bonds is 6. The lowest BCUT2D eigenvalue weighted by Crippen LogP contribution is -2.51. The third kappa shape index (κ3) is 5.89. The molecule has 1 aliphatic heterocycles. The Balaban J connectivity index is 2.37. The van der Waals surface area contributed by atoms with Crippen LogP contribution >= 0.6 is 0 Å². The second-order valence-electron chi connectivity index (χ2n) is 6.44. The topological polar surface area (TPSA) is 44.8 Å². The molecule has 1 unspecified atom stereocenters. The Kier molecular flexibility index (Phi) is 6.23. The van der Waals surface area contributed by atoms with Crippen molar-refractivity contribution in [2.75, 3.05) is 53.5 Å². The van der Waals surface area contributed by atoms with E-state index in [9.17, 15) is 4.79 Å². The Morgan fingerprint density at radius 2 is 1.95 bits per heavy atom. The fourth-order valence-electron chi connectivity index (χ4n) is 2.49. The predicted octanol–water partition coefficient (Wildman–Crippen LogP) is 0.411. The average Bonchev–Trinajstić information content (AvgIpc) is 2.34. The van der Waals surface area contributed by atoms with E-state index >= 15 is 0 Å². The highest BCUT2D eigenvalue weighted by atomic mass is 16.5. The maximum Gasteiger partial charge on any atom is 0.239 e. The van der Waals surface area contributed by atoms with Gasteiger partial charge in [0.05, 0.1) is 19.3 Å². The summed E-state index contributed by atoms with van der Waals surface area (Å²) in [6.45, 7) is 11.0. The van der Waals surface area contributed by atoms with Crippen molar-refractivity contribution in [1.82, 2.24) is 15.1 Å². The van der Waals surface area contributed by atoms with Gasteiger partial charge in [0.2, 0.25) is 5.91 Å². The summed E-state index contributed by atoms with van der Waals surface area (Å²) >= 11 is 0. The van der Waals surface area contributed by atoms with Gasteiger partial charge in [-0.25, -0.2) is 0 Å². The number of ether oxygens (including phenoxy) is 1. The Hall–Kier alpha value is -0.650. The van der Waals surface area contributed by atoms with Crippen molar-refractivity contribution in [2.45, 2.75) is 26.8 Å².